The van der Waals surface area contributed by atoms with Gasteiger partial charge in [0.05, 0.1) is 22.6 Å². The number of hydrogen-bond donors (Lipinski definition) is 2. The molecule has 0 aliphatic carbocycles. The van der Waals surface area contributed by atoms with Gasteiger partial charge in [-0.3, -0.25) is 9.52 Å². The Morgan fingerprint density at radius 1 is 1.50 bits per heavy atom. The lowest BCUT2D eigenvalue weighted by Gasteiger charge is -2.10. The highest BCUT2D eigenvalue weighted by Crippen LogP contribution is 2.20. The highest BCUT2D eigenvalue weighted by molar-refractivity contribution is 7.92. The van der Waals surface area contributed by atoms with Gasteiger partial charge in [-0.1, -0.05) is 13.0 Å². The molecule has 7 heteroatoms. The van der Waals surface area contributed by atoms with E-state index in [4.69, 9.17) is 11.0 Å². The molecule has 1 rings (SSSR count). The van der Waals surface area contributed by atoms with Crippen molar-refractivity contribution in [3.63, 3.8) is 0 Å². The number of nitrogens with one attached hydrogen (secondary N) is 1. The number of carbonyl (C=O) groups excluding carboxylic acids is 1. The van der Waals surface area contributed by atoms with Gasteiger partial charge in [0.2, 0.25) is 15.9 Å². The van der Waals surface area contributed by atoms with Crippen molar-refractivity contribution in [2.75, 3.05) is 10.5 Å². The molecule has 0 heterocycles. The van der Waals surface area contributed by atoms with Crippen molar-refractivity contribution in [3.8, 4) is 6.07 Å². The fraction of sp³-hybridized carbons (Fsp3) is 0.273. The van der Waals surface area contributed by atoms with Crippen LogP contribution in [0.25, 0.3) is 0 Å². The van der Waals surface area contributed by atoms with Crippen LogP contribution in [0, 0.1) is 11.3 Å². The number of rotatable bonds is 5. The summed E-state index contributed by atoms with van der Waals surface area (Å²) in [6, 6.07) is 6.03. The highest BCUT2D eigenvalue weighted by atomic mass is 32.2. The monoisotopic (exact) mass is 267 g/mol. The van der Waals surface area contributed by atoms with Gasteiger partial charge < -0.3 is 5.73 Å². The first-order valence-corrected chi connectivity index (χ1v) is 6.90. The Bertz CT molecular complexity index is 602. The number of anilines is 1. The van der Waals surface area contributed by atoms with E-state index in [1.165, 1.54) is 18.2 Å². The van der Waals surface area contributed by atoms with Gasteiger partial charge >= 0.3 is 0 Å². The van der Waals surface area contributed by atoms with E-state index in [1.54, 1.807) is 13.0 Å². The summed E-state index contributed by atoms with van der Waals surface area (Å²) in [4.78, 5) is 11.1. The standard InChI is InChI=1S/C11H13N3O3S/c1-2-6-18(16,17)14-10-5-3-4-8(11(13)15)9(10)7-12/h3-5,14H,2,6H2,1H3,(H2,13,15). The quantitative estimate of drug-likeness (QED) is 0.821. The number of nitriles is 1. The molecule has 96 valence electrons. The molecule has 0 saturated heterocycles. The summed E-state index contributed by atoms with van der Waals surface area (Å²) >= 11 is 0. The van der Waals surface area contributed by atoms with Crippen molar-refractivity contribution in [2.45, 2.75) is 13.3 Å². The van der Waals surface area contributed by atoms with Crippen LogP contribution in [0.4, 0.5) is 5.69 Å². The molecule has 0 saturated carbocycles. The van der Waals surface area contributed by atoms with Gasteiger partial charge in [0.25, 0.3) is 0 Å². The number of primary amides is 1. The van der Waals surface area contributed by atoms with Crippen molar-refractivity contribution in [1.82, 2.24) is 0 Å². The summed E-state index contributed by atoms with van der Waals surface area (Å²) in [6.45, 7) is 1.73. The Morgan fingerprint density at radius 3 is 2.67 bits per heavy atom. The van der Waals surface area contributed by atoms with Gasteiger partial charge in [0, 0.05) is 0 Å². The molecule has 1 amide bonds. The van der Waals surface area contributed by atoms with Gasteiger partial charge in [-0.05, 0) is 18.6 Å². The Balaban J connectivity index is 3.23. The summed E-state index contributed by atoms with van der Waals surface area (Å²) in [5, 5.41) is 8.98. The van der Waals surface area contributed by atoms with E-state index in [2.05, 4.69) is 4.72 Å². The maximum Gasteiger partial charge on any atom is 0.250 e. The summed E-state index contributed by atoms with van der Waals surface area (Å²) in [5.74, 6) is -0.832. The van der Waals surface area contributed by atoms with Crippen molar-refractivity contribution < 1.29 is 13.2 Å². The van der Waals surface area contributed by atoms with E-state index in [1.807, 2.05) is 0 Å². The molecule has 0 spiro atoms. The molecule has 0 aliphatic rings. The molecule has 0 aliphatic heterocycles. The molecular formula is C11H13N3O3S. The average molecular weight is 267 g/mol. The lowest BCUT2D eigenvalue weighted by atomic mass is 10.1. The van der Waals surface area contributed by atoms with Crippen molar-refractivity contribution in [1.29, 1.82) is 5.26 Å². The van der Waals surface area contributed by atoms with Crippen LogP contribution in [0.1, 0.15) is 29.3 Å². The second-order valence-corrected chi connectivity index (χ2v) is 5.47. The van der Waals surface area contributed by atoms with Gasteiger partial charge in [0.1, 0.15) is 6.07 Å². The number of nitrogens with zero attached hydrogens (tertiary/aromatic N) is 1. The number of amides is 1. The van der Waals surface area contributed by atoms with E-state index in [0.717, 1.165) is 0 Å². The van der Waals surface area contributed by atoms with Crippen molar-refractivity contribution >= 4 is 21.6 Å². The fourth-order valence-corrected chi connectivity index (χ4v) is 2.60. The minimum Gasteiger partial charge on any atom is -0.366 e. The Morgan fingerprint density at radius 2 is 2.17 bits per heavy atom. The summed E-state index contributed by atoms with van der Waals surface area (Å²) in [5.41, 5.74) is 5.12. The van der Waals surface area contributed by atoms with Gasteiger partial charge in [-0.25, -0.2) is 8.42 Å². The fourth-order valence-electron chi connectivity index (χ4n) is 1.45. The third kappa shape index (κ3) is 3.21. The number of sulfonamides is 1. The Labute approximate surface area is 105 Å². The minimum absolute atomic E-state index is 0.00537. The number of hydrogen-bond acceptors (Lipinski definition) is 4. The molecule has 0 unspecified atom stereocenters. The van der Waals surface area contributed by atoms with Gasteiger partial charge in [-0.15, -0.1) is 0 Å². The van der Waals surface area contributed by atoms with Crippen LogP contribution in [0.2, 0.25) is 0 Å². The Kier molecular flexibility index (Phi) is 4.28. The first-order chi connectivity index (χ1) is 8.41. The lowest BCUT2D eigenvalue weighted by molar-refractivity contribution is 0.1000. The maximum atomic E-state index is 11.6. The van der Waals surface area contributed by atoms with Crippen LogP contribution >= 0.6 is 0 Å². The maximum absolute atomic E-state index is 11.6. The zero-order valence-electron chi connectivity index (χ0n) is 9.80. The molecule has 0 radical (unpaired) electrons. The molecule has 6 nitrogen and oxygen atoms in total. The molecule has 0 bridgehead atoms. The molecular weight excluding hydrogens is 254 g/mol. The van der Waals surface area contributed by atoms with E-state index in [9.17, 15) is 13.2 Å². The van der Waals surface area contributed by atoms with Crippen LogP contribution in [-0.4, -0.2) is 20.1 Å². The van der Waals surface area contributed by atoms with Crippen LogP contribution in [-0.2, 0) is 10.0 Å². The first kappa shape index (κ1) is 14.0. The smallest absolute Gasteiger partial charge is 0.250 e. The summed E-state index contributed by atoms with van der Waals surface area (Å²) in [6.07, 6.45) is 0.451. The average Bonchev–Trinajstić information content (AvgIpc) is 2.27. The highest BCUT2D eigenvalue weighted by Gasteiger charge is 2.16. The summed E-state index contributed by atoms with van der Waals surface area (Å²) < 4.78 is 25.5. The first-order valence-electron chi connectivity index (χ1n) is 5.24. The van der Waals surface area contributed by atoms with Crippen LogP contribution in [0.3, 0.4) is 0 Å². The minimum atomic E-state index is -3.51. The zero-order chi connectivity index (χ0) is 13.8. The van der Waals surface area contributed by atoms with E-state index in [-0.39, 0.29) is 22.6 Å². The van der Waals surface area contributed by atoms with E-state index in [0.29, 0.717) is 6.42 Å². The summed E-state index contributed by atoms with van der Waals surface area (Å²) in [7, 11) is -3.51. The number of benzene rings is 1. The largest absolute Gasteiger partial charge is 0.366 e. The molecule has 0 fully saturated rings. The molecule has 1 aromatic carbocycles. The molecule has 0 atom stereocenters. The molecule has 3 N–H and O–H groups in total. The predicted molar refractivity (Wildman–Crippen MR) is 67.4 cm³/mol. The van der Waals surface area contributed by atoms with E-state index < -0.39 is 15.9 Å². The van der Waals surface area contributed by atoms with Gasteiger partial charge in [-0.2, -0.15) is 5.26 Å². The SMILES string of the molecule is CCCS(=O)(=O)Nc1cccc(C(N)=O)c1C#N. The van der Waals surface area contributed by atoms with Crippen molar-refractivity contribution in [3.05, 3.63) is 29.3 Å². The van der Waals surface area contributed by atoms with Gasteiger partial charge in [0.15, 0.2) is 0 Å². The normalized spacial score (nSPS) is 10.7. The second-order valence-electron chi connectivity index (χ2n) is 3.63. The molecule has 0 aromatic heterocycles. The third-order valence-corrected chi connectivity index (χ3v) is 3.66. The Hall–Kier alpha value is -2.07. The topological polar surface area (TPSA) is 113 Å². The molecule has 1 aromatic rings. The molecule has 18 heavy (non-hydrogen) atoms. The van der Waals surface area contributed by atoms with Crippen LogP contribution in [0.5, 0.6) is 0 Å². The number of carbonyl (C=O) groups is 1. The lowest BCUT2D eigenvalue weighted by Crippen LogP contribution is -2.19. The van der Waals surface area contributed by atoms with Crippen LogP contribution in [0.15, 0.2) is 18.2 Å². The van der Waals surface area contributed by atoms with E-state index >= 15 is 0 Å². The second kappa shape index (κ2) is 5.51. The zero-order valence-corrected chi connectivity index (χ0v) is 10.6. The van der Waals surface area contributed by atoms with Crippen LogP contribution < -0.4 is 10.5 Å². The van der Waals surface area contributed by atoms with Crippen molar-refractivity contribution in [2.24, 2.45) is 5.73 Å². The predicted octanol–water partition coefficient (Wildman–Crippen LogP) is 0.809. The third-order valence-electron chi connectivity index (χ3n) is 2.18. The number of nitrogens with two attached hydrogens (primary N) is 1.